The molecule has 0 bridgehead atoms. The Morgan fingerprint density at radius 1 is 1.34 bits per heavy atom. The number of nitrogens with one attached hydrogen (secondary N) is 1. The number of hydrogen-bond acceptors (Lipinski definition) is 7. The van der Waals surface area contributed by atoms with Crippen LogP contribution in [-0.2, 0) is 16.6 Å². The van der Waals surface area contributed by atoms with E-state index in [1.54, 1.807) is 14.0 Å². The molecule has 0 aliphatic heterocycles. The minimum absolute atomic E-state index is 0.0600. The number of aryl methyl sites for hydroxylation is 2. The van der Waals surface area contributed by atoms with Crippen molar-refractivity contribution in [1.29, 1.82) is 0 Å². The maximum atomic E-state index is 15.0. The molecule has 2 aromatic rings. The largest absolute Gasteiger partial charge is 0.488 e. The van der Waals surface area contributed by atoms with Gasteiger partial charge in [0.2, 0.25) is 0 Å². The van der Waals surface area contributed by atoms with Crippen LogP contribution in [0.5, 0.6) is 5.75 Å². The van der Waals surface area contributed by atoms with Crippen molar-refractivity contribution < 1.29 is 28.6 Å². The average Bonchev–Trinajstić information content (AvgIpc) is 3.09. The first-order chi connectivity index (χ1) is 15.2. The van der Waals surface area contributed by atoms with Gasteiger partial charge in [0.05, 0.1) is 24.3 Å². The molecular weight excluding hydrogens is 421 g/mol. The molecule has 3 rings (SSSR count). The minimum Gasteiger partial charge on any atom is -0.488 e. The first kappa shape index (κ1) is 23.4. The molecule has 1 saturated carbocycles. The first-order valence-corrected chi connectivity index (χ1v) is 10.6. The number of carbonyl (C=O) groups excluding carboxylic acids is 1. The van der Waals surface area contributed by atoms with Gasteiger partial charge >= 0.3 is 12.1 Å². The second-order valence-electron chi connectivity index (χ2n) is 8.37. The van der Waals surface area contributed by atoms with E-state index in [0.29, 0.717) is 25.0 Å². The van der Waals surface area contributed by atoms with Crippen molar-refractivity contribution in [2.75, 3.05) is 11.9 Å². The highest BCUT2D eigenvalue weighted by Crippen LogP contribution is 2.33. The zero-order valence-electron chi connectivity index (χ0n) is 18.6. The number of rotatable bonds is 7. The van der Waals surface area contributed by atoms with E-state index < -0.39 is 23.8 Å². The van der Waals surface area contributed by atoms with Crippen LogP contribution in [0, 0.1) is 24.6 Å². The van der Waals surface area contributed by atoms with Gasteiger partial charge in [-0.2, -0.15) is 0 Å². The van der Waals surface area contributed by atoms with Crippen molar-refractivity contribution in [2.45, 2.75) is 52.6 Å². The Kier molecular flexibility index (Phi) is 7.26. The zero-order valence-corrected chi connectivity index (χ0v) is 18.6. The lowest BCUT2D eigenvalue weighted by atomic mass is 9.87. The van der Waals surface area contributed by atoms with E-state index in [1.807, 2.05) is 13.8 Å². The minimum atomic E-state index is -0.843. The van der Waals surface area contributed by atoms with Gasteiger partial charge in [0.1, 0.15) is 11.4 Å². The van der Waals surface area contributed by atoms with E-state index in [0.717, 1.165) is 6.42 Å². The second-order valence-corrected chi connectivity index (χ2v) is 8.37. The molecule has 174 valence electrons. The predicted molar refractivity (Wildman–Crippen MR) is 113 cm³/mol. The average molecular weight is 449 g/mol. The molecule has 0 radical (unpaired) electrons. The van der Waals surface area contributed by atoms with Gasteiger partial charge in [0.25, 0.3) is 0 Å². The summed E-state index contributed by atoms with van der Waals surface area (Å²) in [5, 5.41) is 19.6. The number of carboxylic acid groups (broad SMARTS) is 1. The van der Waals surface area contributed by atoms with Gasteiger partial charge in [-0.1, -0.05) is 19.1 Å². The predicted octanol–water partition coefficient (Wildman–Crippen LogP) is 3.55. The molecule has 0 aromatic carbocycles. The van der Waals surface area contributed by atoms with Gasteiger partial charge in [-0.05, 0) is 38.5 Å². The van der Waals surface area contributed by atoms with E-state index in [2.05, 4.69) is 20.6 Å². The molecule has 2 atom stereocenters. The highest BCUT2D eigenvalue weighted by atomic mass is 19.1. The number of carbonyl (C=O) groups is 2. The molecule has 10 nitrogen and oxygen atoms in total. The summed E-state index contributed by atoms with van der Waals surface area (Å²) in [6.07, 6.45) is 1.39. The van der Waals surface area contributed by atoms with Gasteiger partial charge in [-0.25, -0.2) is 18.9 Å². The van der Waals surface area contributed by atoms with Crippen molar-refractivity contribution in [3.05, 3.63) is 17.6 Å². The van der Waals surface area contributed by atoms with Gasteiger partial charge in [-0.15, -0.1) is 5.10 Å². The third-order valence-electron chi connectivity index (χ3n) is 5.21. The summed E-state index contributed by atoms with van der Waals surface area (Å²) in [6, 6.07) is 1.21. The van der Waals surface area contributed by atoms with Crippen LogP contribution in [0.25, 0.3) is 11.4 Å². The number of anilines is 1. The van der Waals surface area contributed by atoms with E-state index in [1.165, 1.54) is 10.7 Å². The van der Waals surface area contributed by atoms with E-state index >= 15 is 0 Å². The van der Waals surface area contributed by atoms with Crippen LogP contribution in [-0.4, -0.2) is 49.9 Å². The van der Waals surface area contributed by atoms with Gasteiger partial charge in [-0.3, -0.25) is 10.1 Å². The molecule has 1 aliphatic rings. The fourth-order valence-electron chi connectivity index (χ4n) is 3.54. The van der Waals surface area contributed by atoms with Crippen LogP contribution >= 0.6 is 0 Å². The van der Waals surface area contributed by atoms with E-state index in [4.69, 9.17) is 9.47 Å². The number of nitrogens with zero attached hydrogens (tertiary/aromatic N) is 4. The highest BCUT2D eigenvalue weighted by molar-refractivity contribution is 5.88. The number of amides is 1. The van der Waals surface area contributed by atoms with Gasteiger partial charge in [0.15, 0.2) is 17.3 Å². The number of pyridine rings is 1. The Morgan fingerprint density at radius 3 is 2.78 bits per heavy atom. The molecule has 2 N–H and O–H groups in total. The quantitative estimate of drug-likeness (QED) is 0.657. The molecule has 1 fully saturated rings. The molecule has 1 amide bonds. The molecule has 0 spiro atoms. The molecular formula is C21H28FN5O5. The van der Waals surface area contributed by atoms with Crippen LogP contribution < -0.4 is 10.1 Å². The van der Waals surface area contributed by atoms with Crippen molar-refractivity contribution >= 4 is 17.9 Å². The number of aliphatic carboxylic acids is 1. The van der Waals surface area contributed by atoms with Gasteiger partial charge in [0, 0.05) is 13.1 Å². The van der Waals surface area contributed by atoms with Crippen molar-refractivity contribution in [3.63, 3.8) is 0 Å². The Morgan fingerprint density at radius 2 is 2.09 bits per heavy atom. The second kappa shape index (κ2) is 9.92. The van der Waals surface area contributed by atoms with Crippen LogP contribution in [0.15, 0.2) is 6.07 Å². The normalized spacial score (nSPS) is 18.4. The summed E-state index contributed by atoms with van der Waals surface area (Å²) in [5.41, 5.74) is 0.386. The highest BCUT2D eigenvalue weighted by Gasteiger charge is 2.29. The molecule has 0 unspecified atom stereocenters. The Bertz CT molecular complexity index is 993. The molecule has 32 heavy (non-hydrogen) atoms. The lowest BCUT2D eigenvalue weighted by Crippen LogP contribution is -2.29. The molecule has 0 saturated heterocycles. The van der Waals surface area contributed by atoms with Crippen LogP contribution in [0.1, 0.15) is 45.2 Å². The summed E-state index contributed by atoms with van der Waals surface area (Å²) in [7, 11) is 1.55. The van der Waals surface area contributed by atoms with E-state index in [9.17, 15) is 19.1 Å². The topological polar surface area (TPSA) is 128 Å². The third kappa shape index (κ3) is 5.51. The molecule has 1 aliphatic carbocycles. The zero-order chi connectivity index (χ0) is 23.4. The van der Waals surface area contributed by atoms with E-state index in [-0.39, 0.29) is 41.6 Å². The summed E-state index contributed by atoms with van der Waals surface area (Å²) in [4.78, 5) is 27.6. The summed E-state index contributed by atoms with van der Waals surface area (Å²) < 4.78 is 27.3. The monoisotopic (exact) mass is 449 g/mol. The molecule has 2 aromatic heterocycles. The summed E-state index contributed by atoms with van der Waals surface area (Å²) >= 11 is 0. The molecule has 2 heterocycles. The summed E-state index contributed by atoms with van der Waals surface area (Å²) in [6.45, 7) is 5.71. The molecule has 11 heteroatoms. The van der Waals surface area contributed by atoms with Crippen molar-refractivity contribution in [3.8, 4) is 17.1 Å². The van der Waals surface area contributed by atoms with Crippen molar-refractivity contribution in [2.24, 2.45) is 18.9 Å². The van der Waals surface area contributed by atoms with Crippen LogP contribution in [0.2, 0.25) is 0 Å². The summed E-state index contributed by atoms with van der Waals surface area (Å²) in [5.74, 6) is -1.45. The van der Waals surface area contributed by atoms with Crippen LogP contribution in [0.4, 0.5) is 15.0 Å². The Balaban J connectivity index is 1.80. The maximum Gasteiger partial charge on any atom is 0.412 e. The van der Waals surface area contributed by atoms with Crippen LogP contribution in [0.3, 0.4) is 0 Å². The Hall–Kier alpha value is -3.24. The lowest BCUT2D eigenvalue weighted by molar-refractivity contribution is -0.143. The number of ether oxygens (including phenoxy) is 2. The van der Waals surface area contributed by atoms with Gasteiger partial charge < -0.3 is 14.6 Å². The Labute approximate surface area is 185 Å². The number of aromatic nitrogens is 4. The number of carboxylic acids is 1. The maximum absolute atomic E-state index is 15.0. The fourth-order valence-corrected chi connectivity index (χ4v) is 3.54. The third-order valence-corrected chi connectivity index (χ3v) is 5.21. The SMILES string of the molecule is Cc1nc(-c2nnn(C)c2NC(=O)OCC(C)C)c(F)cc1O[C@H]1CCC[C@H](C(=O)O)C1. The smallest absolute Gasteiger partial charge is 0.412 e. The number of hydrogen-bond donors (Lipinski definition) is 2. The standard InChI is InChI=1S/C21H28FN5O5/c1-11(2)10-31-21(30)24-19-18(25-26-27(19)4)17-15(22)9-16(12(3)23-17)32-14-7-5-6-13(8-14)20(28)29/h9,11,13-14H,5-8,10H2,1-4H3,(H,24,30)(H,28,29)/t13-,14-/m0/s1. The van der Waals surface area contributed by atoms with Crippen molar-refractivity contribution in [1.82, 2.24) is 20.0 Å². The fraction of sp³-hybridized carbons (Fsp3) is 0.571. The number of halogens is 1. The lowest BCUT2D eigenvalue weighted by Gasteiger charge is -2.27. The first-order valence-electron chi connectivity index (χ1n) is 10.6.